The van der Waals surface area contributed by atoms with Gasteiger partial charge >= 0.3 is 6.18 Å². The summed E-state index contributed by atoms with van der Waals surface area (Å²) in [5.74, 6) is -0.538. The Kier molecular flexibility index (Phi) is 6.56. The number of alkyl halides is 3. The average molecular weight is 398 g/mol. The highest BCUT2D eigenvalue weighted by Crippen LogP contribution is 2.24. The number of piperidine rings is 1. The zero-order valence-electron chi connectivity index (χ0n) is 15.6. The highest BCUT2D eigenvalue weighted by atomic mass is 19.4. The largest absolute Gasteiger partial charge is 0.405 e. The number of piperazine rings is 1. The SMILES string of the molecule is O=C(CN1CCN([C@H]2CCCN(c3ccccc3)C2=O)CC1)NCC(F)(F)F. The minimum absolute atomic E-state index is 0.0569. The summed E-state index contributed by atoms with van der Waals surface area (Å²) in [5.41, 5.74) is 0.900. The number of amides is 2. The number of carbonyl (C=O) groups is 2. The molecule has 154 valence electrons. The first-order valence-electron chi connectivity index (χ1n) is 9.50. The summed E-state index contributed by atoms with van der Waals surface area (Å²) >= 11 is 0. The number of anilines is 1. The highest BCUT2D eigenvalue weighted by Gasteiger charge is 2.35. The third-order valence-electron chi connectivity index (χ3n) is 5.18. The van der Waals surface area contributed by atoms with Crippen molar-refractivity contribution < 1.29 is 22.8 Å². The molecule has 0 radical (unpaired) electrons. The summed E-state index contributed by atoms with van der Waals surface area (Å²) in [5, 5.41) is 1.90. The van der Waals surface area contributed by atoms with Gasteiger partial charge in [-0.05, 0) is 25.0 Å². The minimum atomic E-state index is -4.40. The maximum atomic E-state index is 13.0. The molecule has 0 aliphatic carbocycles. The van der Waals surface area contributed by atoms with Gasteiger partial charge in [-0.15, -0.1) is 0 Å². The molecule has 2 aliphatic heterocycles. The number of rotatable bonds is 5. The molecular formula is C19H25F3N4O2. The van der Waals surface area contributed by atoms with E-state index >= 15 is 0 Å². The van der Waals surface area contributed by atoms with E-state index in [-0.39, 0.29) is 18.5 Å². The van der Waals surface area contributed by atoms with Crippen LogP contribution in [0.3, 0.4) is 0 Å². The van der Waals surface area contributed by atoms with Gasteiger partial charge < -0.3 is 10.2 Å². The number of hydrogen-bond donors (Lipinski definition) is 1. The Labute approximate surface area is 162 Å². The van der Waals surface area contributed by atoms with Crippen molar-refractivity contribution in [3.8, 4) is 0 Å². The van der Waals surface area contributed by atoms with E-state index in [0.717, 1.165) is 18.5 Å². The third kappa shape index (κ3) is 5.45. The van der Waals surface area contributed by atoms with E-state index in [1.54, 1.807) is 0 Å². The molecule has 28 heavy (non-hydrogen) atoms. The number of carbonyl (C=O) groups excluding carboxylic acids is 2. The van der Waals surface area contributed by atoms with Crippen molar-refractivity contribution in [2.45, 2.75) is 25.1 Å². The van der Waals surface area contributed by atoms with E-state index in [2.05, 4.69) is 4.90 Å². The van der Waals surface area contributed by atoms with E-state index in [4.69, 9.17) is 0 Å². The number of nitrogens with one attached hydrogen (secondary N) is 1. The molecule has 0 saturated carbocycles. The average Bonchev–Trinajstić information content (AvgIpc) is 2.68. The Morgan fingerprint density at radius 1 is 1.07 bits per heavy atom. The van der Waals surface area contributed by atoms with Gasteiger partial charge in [0.1, 0.15) is 6.54 Å². The van der Waals surface area contributed by atoms with Crippen LogP contribution in [0.25, 0.3) is 0 Å². The smallest absolute Gasteiger partial charge is 0.346 e. The van der Waals surface area contributed by atoms with Crippen LogP contribution >= 0.6 is 0 Å². The van der Waals surface area contributed by atoms with Gasteiger partial charge in [-0.25, -0.2) is 0 Å². The Balaban J connectivity index is 1.49. The molecular weight excluding hydrogens is 373 g/mol. The van der Waals surface area contributed by atoms with Crippen LogP contribution in [0.15, 0.2) is 30.3 Å². The van der Waals surface area contributed by atoms with Crippen LogP contribution in [0.1, 0.15) is 12.8 Å². The van der Waals surface area contributed by atoms with E-state index in [1.807, 2.05) is 45.4 Å². The van der Waals surface area contributed by atoms with Crippen LogP contribution < -0.4 is 10.2 Å². The number of nitrogens with zero attached hydrogens (tertiary/aromatic N) is 3. The van der Waals surface area contributed by atoms with Gasteiger partial charge in [-0.1, -0.05) is 18.2 Å². The summed E-state index contributed by atoms with van der Waals surface area (Å²) in [6.07, 6.45) is -2.68. The highest BCUT2D eigenvalue weighted by molar-refractivity contribution is 5.97. The monoisotopic (exact) mass is 398 g/mol. The molecule has 2 aliphatic rings. The first-order valence-corrected chi connectivity index (χ1v) is 9.50. The van der Waals surface area contributed by atoms with Gasteiger partial charge in [0.25, 0.3) is 0 Å². The fourth-order valence-electron chi connectivity index (χ4n) is 3.75. The molecule has 3 rings (SSSR count). The molecule has 2 fully saturated rings. The minimum Gasteiger partial charge on any atom is -0.346 e. The Morgan fingerprint density at radius 3 is 2.39 bits per heavy atom. The molecule has 0 bridgehead atoms. The maximum absolute atomic E-state index is 13.0. The summed E-state index contributed by atoms with van der Waals surface area (Å²) in [6.45, 7) is 1.68. The Morgan fingerprint density at radius 2 is 1.75 bits per heavy atom. The van der Waals surface area contributed by atoms with Crippen molar-refractivity contribution in [2.75, 3.05) is 50.7 Å². The van der Waals surface area contributed by atoms with Gasteiger partial charge in [0, 0.05) is 38.4 Å². The van der Waals surface area contributed by atoms with Crippen LogP contribution in [-0.4, -0.2) is 79.6 Å². The quantitative estimate of drug-likeness (QED) is 0.817. The topological polar surface area (TPSA) is 55.9 Å². The van der Waals surface area contributed by atoms with Crippen LogP contribution in [0.5, 0.6) is 0 Å². The van der Waals surface area contributed by atoms with Crippen LogP contribution in [0.4, 0.5) is 18.9 Å². The third-order valence-corrected chi connectivity index (χ3v) is 5.18. The predicted octanol–water partition coefficient (Wildman–Crippen LogP) is 1.48. The van der Waals surface area contributed by atoms with Gasteiger partial charge in [-0.2, -0.15) is 13.2 Å². The Bertz CT molecular complexity index is 676. The molecule has 6 nitrogen and oxygen atoms in total. The predicted molar refractivity (Wildman–Crippen MR) is 98.9 cm³/mol. The van der Waals surface area contributed by atoms with Gasteiger partial charge in [0.05, 0.1) is 12.6 Å². The molecule has 0 aromatic heterocycles. The molecule has 2 saturated heterocycles. The lowest BCUT2D eigenvalue weighted by atomic mass is 10.0. The summed E-state index contributed by atoms with van der Waals surface area (Å²) in [4.78, 5) is 30.4. The molecule has 2 amide bonds. The van der Waals surface area contributed by atoms with E-state index < -0.39 is 18.6 Å². The first-order chi connectivity index (χ1) is 13.3. The van der Waals surface area contributed by atoms with Gasteiger partial charge in [-0.3, -0.25) is 19.4 Å². The van der Waals surface area contributed by atoms with Crippen molar-refractivity contribution in [1.29, 1.82) is 0 Å². The van der Waals surface area contributed by atoms with Crippen molar-refractivity contribution in [3.05, 3.63) is 30.3 Å². The van der Waals surface area contributed by atoms with Crippen molar-refractivity contribution in [1.82, 2.24) is 15.1 Å². The lowest BCUT2D eigenvalue weighted by molar-refractivity contribution is -0.139. The standard InChI is InChI=1S/C19H25F3N4O2/c20-19(21,22)14-23-17(27)13-24-9-11-25(12-10-24)16-7-4-8-26(18(16)28)15-5-2-1-3-6-15/h1-3,5-6,16H,4,7-14H2,(H,23,27)/t16-/m0/s1. The molecule has 1 aromatic carbocycles. The molecule has 9 heteroatoms. The van der Waals surface area contributed by atoms with E-state index in [1.165, 1.54) is 0 Å². The van der Waals surface area contributed by atoms with Crippen LogP contribution in [0.2, 0.25) is 0 Å². The van der Waals surface area contributed by atoms with E-state index in [9.17, 15) is 22.8 Å². The summed E-state index contributed by atoms with van der Waals surface area (Å²) < 4.78 is 36.5. The molecule has 1 N–H and O–H groups in total. The summed E-state index contributed by atoms with van der Waals surface area (Å²) in [6, 6.07) is 9.41. The van der Waals surface area contributed by atoms with Crippen LogP contribution in [0, 0.1) is 0 Å². The molecule has 1 atom stereocenters. The van der Waals surface area contributed by atoms with Crippen molar-refractivity contribution in [3.63, 3.8) is 0 Å². The number of para-hydroxylation sites is 1. The van der Waals surface area contributed by atoms with Crippen molar-refractivity contribution >= 4 is 17.5 Å². The van der Waals surface area contributed by atoms with Crippen LogP contribution in [-0.2, 0) is 9.59 Å². The van der Waals surface area contributed by atoms with E-state index in [0.29, 0.717) is 32.7 Å². The Hall–Kier alpha value is -2.13. The molecule has 0 unspecified atom stereocenters. The molecule has 2 heterocycles. The number of benzene rings is 1. The first kappa shape index (κ1) is 20.6. The number of hydrogen-bond acceptors (Lipinski definition) is 4. The zero-order chi connectivity index (χ0) is 20.1. The van der Waals surface area contributed by atoms with Gasteiger partial charge in [0.15, 0.2) is 0 Å². The maximum Gasteiger partial charge on any atom is 0.405 e. The van der Waals surface area contributed by atoms with Crippen molar-refractivity contribution in [2.24, 2.45) is 0 Å². The number of halogens is 3. The lowest BCUT2D eigenvalue weighted by Crippen LogP contribution is -2.58. The normalized spacial score (nSPS) is 22.3. The zero-order valence-corrected chi connectivity index (χ0v) is 15.6. The lowest BCUT2D eigenvalue weighted by Gasteiger charge is -2.42. The fraction of sp³-hybridized carbons (Fsp3) is 0.579. The molecule has 1 aromatic rings. The van der Waals surface area contributed by atoms with Gasteiger partial charge in [0.2, 0.25) is 11.8 Å². The summed E-state index contributed by atoms with van der Waals surface area (Å²) in [7, 11) is 0. The fourth-order valence-corrected chi connectivity index (χ4v) is 3.75. The second kappa shape index (κ2) is 8.91. The second-order valence-electron chi connectivity index (χ2n) is 7.19. The molecule has 0 spiro atoms. The second-order valence-corrected chi connectivity index (χ2v) is 7.19.